The number of halogens is 1. The molecule has 0 bridgehead atoms. The molecule has 0 radical (unpaired) electrons. The second-order valence-corrected chi connectivity index (χ2v) is 5.24. The molecule has 0 saturated heterocycles. The van der Waals surface area contributed by atoms with Gasteiger partial charge in [0.15, 0.2) is 0 Å². The van der Waals surface area contributed by atoms with E-state index in [0.29, 0.717) is 5.92 Å². The summed E-state index contributed by atoms with van der Waals surface area (Å²) in [4.78, 5) is 13.5. The summed E-state index contributed by atoms with van der Waals surface area (Å²) >= 11 is 3.46. The number of carbonyl (C=O) groups excluding carboxylic acids is 1. The molecule has 1 rings (SSSR count). The monoisotopic (exact) mass is 287 g/mol. The number of nitrogens with zero attached hydrogens (tertiary/aromatic N) is 3. The van der Waals surface area contributed by atoms with Gasteiger partial charge in [0, 0.05) is 14.1 Å². The van der Waals surface area contributed by atoms with E-state index in [0.717, 1.165) is 10.2 Å². The van der Waals surface area contributed by atoms with Crippen LogP contribution in [0.5, 0.6) is 0 Å². The molecule has 16 heavy (non-hydrogen) atoms. The summed E-state index contributed by atoms with van der Waals surface area (Å²) < 4.78 is 2.75. The second-order valence-electron chi connectivity index (χ2n) is 4.39. The summed E-state index contributed by atoms with van der Waals surface area (Å²) in [5.41, 5.74) is 1.06. The van der Waals surface area contributed by atoms with Gasteiger partial charge in [0.1, 0.15) is 6.04 Å². The molecule has 4 nitrogen and oxygen atoms in total. The van der Waals surface area contributed by atoms with E-state index in [-0.39, 0.29) is 11.9 Å². The summed E-state index contributed by atoms with van der Waals surface area (Å²) in [7, 11) is 3.51. The zero-order chi connectivity index (χ0) is 12.5. The minimum Gasteiger partial charge on any atom is -0.347 e. The van der Waals surface area contributed by atoms with Crippen LogP contribution in [0.15, 0.2) is 10.7 Å². The van der Waals surface area contributed by atoms with Crippen molar-refractivity contribution in [2.45, 2.75) is 32.7 Å². The first kappa shape index (κ1) is 13.2. The van der Waals surface area contributed by atoms with Crippen LogP contribution < -0.4 is 0 Å². The van der Waals surface area contributed by atoms with Crippen molar-refractivity contribution in [1.82, 2.24) is 14.7 Å². The van der Waals surface area contributed by atoms with Gasteiger partial charge in [-0.05, 0) is 28.8 Å². The summed E-state index contributed by atoms with van der Waals surface area (Å²) in [6, 6.07) is -0.265. The van der Waals surface area contributed by atoms with Crippen molar-refractivity contribution in [3.63, 3.8) is 0 Å². The Labute approximate surface area is 105 Å². The average Bonchev–Trinajstić information content (AvgIpc) is 2.57. The third-order valence-electron chi connectivity index (χ3n) is 2.50. The molecule has 0 saturated carbocycles. The standard InChI is InChI=1S/C11H18BrN3O/c1-7(2)10-9(12)6-13-15(10)8(3)11(16)14(4)5/h6-8H,1-5H3. The smallest absolute Gasteiger partial charge is 0.246 e. The van der Waals surface area contributed by atoms with Crippen molar-refractivity contribution in [2.24, 2.45) is 0 Å². The van der Waals surface area contributed by atoms with Gasteiger partial charge in [-0.3, -0.25) is 9.48 Å². The van der Waals surface area contributed by atoms with Crippen LogP contribution in [-0.2, 0) is 4.79 Å². The lowest BCUT2D eigenvalue weighted by Crippen LogP contribution is -2.31. The van der Waals surface area contributed by atoms with E-state index in [4.69, 9.17) is 0 Å². The Morgan fingerprint density at radius 1 is 1.44 bits per heavy atom. The summed E-state index contributed by atoms with van der Waals surface area (Å²) in [6.45, 7) is 6.05. The Kier molecular flexibility index (Phi) is 4.13. The molecule has 1 aromatic heterocycles. The molecular formula is C11H18BrN3O. The Bertz CT molecular complexity index is 385. The van der Waals surface area contributed by atoms with Crippen molar-refractivity contribution in [2.75, 3.05) is 14.1 Å². The fourth-order valence-electron chi connectivity index (χ4n) is 1.68. The summed E-state index contributed by atoms with van der Waals surface area (Å²) in [5.74, 6) is 0.381. The molecule has 0 aromatic carbocycles. The fourth-order valence-corrected chi connectivity index (χ4v) is 2.41. The third kappa shape index (κ3) is 2.45. The normalized spacial score (nSPS) is 12.9. The van der Waals surface area contributed by atoms with E-state index >= 15 is 0 Å². The van der Waals surface area contributed by atoms with Gasteiger partial charge in [0.25, 0.3) is 0 Å². The Morgan fingerprint density at radius 2 is 2.00 bits per heavy atom. The molecule has 90 valence electrons. The van der Waals surface area contributed by atoms with Crippen molar-refractivity contribution in [1.29, 1.82) is 0 Å². The van der Waals surface area contributed by atoms with Gasteiger partial charge >= 0.3 is 0 Å². The van der Waals surface area contributed by atoms with E-state index in [1.54, 1.807) is 29.9 Å². The van der Waals surface area contributed by atoms with Crippen LogP contribution in [0, 0.1) is 0 Å². The predicted octanol–water partition coefficient (Wildman–Crippen LogP) is 2.42. The van der Waals surface area contributed by atoms with E-state index in [1.807, 2.05) is 6.92 Å². The Hall–Kier alpha value is -0.840. The maximum Gasteiger partial charge on any atom is 0.246 e. The second kappa shape index (κ2) is 4.99. The molecule has 1 unspecified atom stereocenters. The molecule has 0 fully saturated rings. The molecule has 1 amide bonds. The van der Waals surface area contributed by atoms with Crippen LogP contribution in [0.3, 0.4) is 0 Å². The molecule has 5 heteroatoms. The van der Waals surface area contributed by atoms with Crippen LogP contribution in [-0.4, -0.2) is 34.7 Å². The van der Waals surface area contributed by atoms with E-state index in [9.17, 15) is 4.79 Å². The number of aromatic nitrogens is 2. The predicted molar refractivity (Wildman–Crippen MR) is 67.4 cm³/mol. The highest BCUT2D eigenvalue weighted by atomic mass is 79.9. The van der Waals surface area contributed by atoms with Crippen molar-refractivity contribution >= 4 is 21.8 Å². The number of hydrogen-bond donors (Lipinski definition) is 0. The molecule has 1 atom stereocenters. The van der Waals surface area contributed by atoms with Crippen molar-refractivity contribution < 1.29 is 4.79 Å². The minimum absolute atomic E-state index is 0.0532. The van der Waals surface area contributed by atoms with Gasteiger partial charge in [0.05, 0.1) is 16.4 Å². The molecule has 0 aliphatic heterocycles. The molecule has 1 heterocycles. The maximum absolute atomic E-state index is 11.9. The van der Waals surface area contributed by atoms with Gasteiger partial charge in [-0.1, -0.05) is 13.8 Å². The first-order valence-corrected chi connectivity index (χ1v) is 6.09. The quantitative estimate of drug-likeness (QED) is 0.856. The van der Waals surface area contributed by atoms with E-state index < -0.39 is 0 Å². The summed E-state index contributed by atoms with van der Waals surface area (Å²) in [6.07, 6.45) is 1.74. The highest BCUT2D eigenvalue weighted by molar-refractivity contribution is 9.10. The average molecular weight is 288 g/mol. The highest BCUT2D eigenvalue weighted by Crippen LogP contribution is 2.27. The minimum atomic E-state index is -0.265. The Balaban J connectivity index is 3.09. The van der Waals surface area contributed by atoms with Gasteiger partial charge in [-0.15, -0.1) is 0 Å². The maximum atomic E-state index is 11.9. The fraction of sp³-hybridized carbons (Fsp3) is 0.636. The number of rotatable bonds is 3. The molecule has 1 aromatic rings. The third-order valence-corrected chi connectivity index (χ3v) is 3.11. The lowest BCUT2D eigenvalue weighted by Gasteiger charge is -2.20. The molecule has 0 N–H and O–H groups in total. The van der Waals surface area contributed by atoms with Crippen molar-refractivity contribution in [3.05, 3.63) is 16.4 Å². The van der Waals surface area contributed by atoms with E-state index in [1.165, 1.54) is 0 Å². The van der Waals surface area contributed by atoms with Crippen LogP contribution >= 0.6 is 15.9 Å². The molecule has 0 aliphatic carbocycles. The molecule has 0 aliphatic rings. The zero-order valence-electron chi connectivity index (χ0n) is 10.4. The number of likely N-dealkylation sites (N-methyl/N-ethyl adjacent to an activating group) is 1. The SMILES string of the molecule is CC(C)c1c(Br)cnn1C(C)C(=O)N(C)C. The van der Waals surface area contributed by atoms with Crippen molar-refractivity contribution in [3.8, 4) is 0 Å². The first-order valence-electron chi connectivity index (χ1n) is 5.30. The molecule has 0 spiro atoms. The van der Waals surface area contributed by atoms with Gasteiger partial charge in [-0.2, -0.15) is 5.10 Å². The largest absolute Gasteiger partial charge is 0.347 e. The number of carbonyl (C=O) groups is 1. The Morgan fingerprint density at radius 3 is 2.44 bits per heavy atom. The zero-order valence-corrected chi connectivity index (χ0v) is 11.9. The topological polar surface area (TPSA) is 38.1 Å². The van der Waals surface area contributed by atoms with Crippen LogP contribution in [0.1, 0.15) is 38.4 Å². The van der Waals surface area contributed by atoms with Crippen LogP contribution in [0.2, 0.25) is 0 Å². The highest BCUT2D eigenvalue weighted by Gasteiger charge is 2.22. The lowest BCUT2D eigenvalue weighted by atomic mass is 10.1. The van der Waals surface area contributed by atoms with E-state index in [2.05, 4.69) is 34.9 Å². The number of amides is 1. The summed E-state index contributed by atoms with van der Waals surface area (Å²) in [5, 5.41) is 4.26. The molecular weight excluding hydrogens is 270 g/mol. The van der Waals surface area contributed by atoms with Crippen LogP contribution in [0.4, 0.5) is 0 Å². The first-order chi connectivity index (χ1) is 7.36. The van der Waals surface area contributed by atoms with Gasteiger partial charge in [-0.25, -0.2) is 0 Å². The lowest BCUT2D eigenvalue weighted by molar-refractivity contribution is -0.132. The van der Waals surface area contributed by atoms with Gasteiger partial charge < -0.3 is 4.90 Å². The number of hydrogen-bond acceptors (Lipinski definition) is 2. The van der Waals surface area contributed by atoms with Gasteiger partial charge in [0.2, 0.25) is 5.91 Å². The van der Waals surface area contributed by atoms with Crippen LogP contribution in [0.25, 0.3) is 0 Å².